The number of hydrogen-bond donors (Lipinski definition) is 3. The Bertz CT molecular complexity index is 1050. The van der Waals surface area contributed by atoms with E-state index in [-0.39, 0.29) is 17.7 Å². The first-order valence-corrected chi connectivity index (χ1v) is 9.65. The number of carbonyl (C=O) groups excluding carboxylic acids is 2. The van der Waals surface area contributed by atoms with Gasteiger partial charge in [0.2, 0.25) is 0 Å². The minimum atomic E-state index is -1.76. The van der Waals surface area contributed by atoms with Crippen molar-refractivity contribution in [1.29, 1.82) is 0 Å². The van der Waals surface area contributed by atoms with Crippen LogP contribution in [-0.2, 0) is 27.4 Å². The van der Waals surface area contributed by atoms with E-state index < -0.39 is 54.7 Å². The summed E-state index contributed by atoms with van der Waals surface area (Å²) in [5.41, 5.74) is -0.134. The van der Waals surface area contributed by atoms with Crippen LogP contribution in [0.5, 0.6) is 0 Å². The molecule has 1 unspecified atom stereocenters. The molecule has 1 aliphatic heterocycles. The van der Waals surface area contributed by atoms with E-state index in [1.54, 1.807) is 13.0 Å². The van der Waals surface area contributed by atoms with Gasteiger partial charge in [0.15, 0.2) is 23.5 Å². The highest BCUT2D eigenvalue weighted by Crippen LogP contribution is 2.19. The summed E-state index contributed by atoms with van der Waals surface area (Å²) in [6.07, 6.45) is 0. The minimum absolute atomic E-state index is 0.151. The molecular weight excluding hydrogens is 430 g/mol. The van der Waals surface area contributed by atoms with Crippen molar-refractivity contribution in [2.75, 3.05) is 0 Å². The second-order valence-corrected chi connectivity index (χ2v) is 8.02. The number of rotatable bonds is 6. The van der Waals surface area contributed by atoms with E-state index in [0.717, 1.165) is 5.56 Å². The molecule has 0 fully saturated rings. The quantitative estimate of drug-likeness (QED) is 0.347. The maximum atomic E-state index is 13.4. The fourth-order valence-electron chi connectivity index (χ4n) is 3.41. The summed E-state index contributed by atoms with van der Waals surface area (Å²) < 4.78 is 49.9. The van der Waals surface area contributed by atoms with Gasteiger partial charge in [0.1, 0.15) is 6.61 Å². The number of esters is 1. The zero-order valence-corrected chi connectivity index (χ0v) is 17.5. The number of hydrogen-bond acceptors (Lipinski definition) is 6. The first kappa shape index (κ1) is 23.8. The molecule has 2 aromatic rings. The molecule has 3 rings (SSSR count). The van der Waals surface area contributed by atoms with Crippen molar-refractivity contribution in [2.45, 2.75) is 45.6 Å². The van der Waals surface area contributed by atoms with Crippen LogP contribution >= 0.6 is 0 Å². The monoisotopic (exact) mass is 451 g/mol. The van der Waals surface area contributed by atoms with Crippen molar-refractivity contribution in [3.8, 4) is 0 Å². The summed E-state index contributed by atoms with van der Waals surface area (Å²) in [6.45, 7) is 3.73. The number of fused-ring (bicyclic) bond motifs is 1. The molecule has 1 atom stereocenters. The number of nitrogens with one attached hydrogen (secondary N) is 1. The van der Waals surface area contributed by atoms with Crippen LogP contribution in [0, 0.1) is 24.4 Å². The summed E-state index contributed by atoms with van der Waals surface area (Å²) >= 11 is 0. The minimum Gasteiger partial charge on any atom is -0.459 e. The Kier molecular flexibility index (Phi) is 6.63. The van der Waals surface area contributed by atoms with Gasteiger partial charge >= 0.3 is 13.1 Å². The Balaban J connectivity index is 1.77. The topological polar surface area (TPSA) is 105 Å². The van der Waals surface area contributed by atoms with Gasteiger partial charge in [0.05, 0.1) is 12.2 Å². The standard InChI is InChI=1S/C21H21BF3NO6/c1-10-13(5-4-12-9-32-22(30)16(10)12)19(27)26-18(21(2,3)29)20(28)31-8-11-6-14(23)17(25)15(24)7-11/h4-7,18,29-30H,8-9H2,1-3H3,(H,26,27). The molecule has 0 radical (unpaired) electrons. The second kappa shape index (κ2) is 8.93. The predicted octanol–water partition coefficient (Wildman–Crippen LogP) is 1.24. The third-order valence-electron chi connectivity index (χ3n) is 5.14. The number of amides is 1. The zero-order valence-electron chi connectivity index (χ0n) is 17.5. The lowest BCUT2D eigenvalue weighted by Crippen LogP contribution is -2.55. The summed E-state index contributed by atoms with van der Waals surface area (Å²) in [7, 11) is -1.18. The average Bonchev–Trinajstić information content (AvgIpc) is 3.09. The third kappa shape index (κ3) is 4.79. The van der Waals surface area contributed by atoms with Crippen LogP contribution in [0.1, 0.15) is 40.9 Å². The van der Waals surface area contributed by atoms with Gasteiger partial charge in [-0.2, -0.15) is 0 Å². The van der Waals surface area contributed by atoms with E-state index >= 15 is 0 Å². The molecule has 0 saturated heterocycles. The lowest BCUT2D eigenvalue weighted by atomic mass is 9.75. The van der Waals surface area contributed by atoms with Crippen molar-refractivity contribution < 1.29 is 42.3 Å². The van der Waals surface area contributed by atoms with Gasteiger partial charge in [-0.05, 0) is 61.1 Å². The lowest BCUT2D eigenvalue weighted by Gasteiger charge is -2.28. The van der Waals surface area contributed by atoms with Crippen molar-refractivity contribution in [3.05, 3.63) is 64.0 Å². The first-order valence-electron chi connectivity index (χ1n) is 9.65. The zero-order chi connectivity index (χ0) is 23.8. The molecule has 0 bridgehead atoms. The smallest absolute Gasteiger partial charge is 0.459 e. The summed E-state index contributed by atoms with van der Waals surface area (Å²) in [5, 5.41) is 22.7. The van der Waals surface area contributed by atoms with E-state index in [1.807, 2.05) is 0 Å². The van der Waals surface area contributed by atoms with Crippen LogP contribution in [0.2, 0.25) is 0 Å². The Morgan fingerprint density at radius 2 is 1.88 bits per heavy atom. The van der Waals surface area contributed by atoms with Crippen LogP contribution < -0.4 is 10.8 Å². The highest BCUT2D eigenvalue weighted by atomic mass is 19.2. The Morgan fingerprint density at radius 3 is 2.47 bits per heavy atom. The average molecular weight is 451 g/mol. The van der Waals surface area contributed by atoms with Gasteiger partial charge < -0.3 is 24.8 Å². The van der Waals surface area contributed by atoms with E-state index in [2.05, 4.69) is 5.32 Å². The van der Waals surface area contributed by atoms with Gasteiger partial charge in [0.25, 0.3) is 5.91 Å². The van der Waals surface area contributed by atoms with Crippen LogP contribution in [-0.4, -0.2) is 40.8 Å². The van der Waals surface area contributed by atoms with Crippen molar-refractivity contribution in [2.24, 2.45) is 0 Å². The maximum absolute atomic E-state index is 13.4. The Morgan fingerprint density at radius 1 is 1.25 bits per heavy atom. The Labute approximate surface area is 182 Å². The maximum Gasteiger partial charge on any atom is 0.492 e. The summed E-state index contributed by atoms with van der Waals surface area (Å²) in [6, 6.07) is 2.92. The molecule has 0 aliphatic carbocycles. The molecule has 32 heavy (non-hydrogen) atoms. The normalized spacial score (nSPS) is 14.2. The van der Waals surface area contributed by atoms with Crippen LogP contribution in [0.3, 0.4) is 0 Å². The number of benzene rings is 2. The fraction of sp³-hybridized carbons (Fsp3) is 0.333. The Hall–Kier alpha value is -2.89. The third-order valence-corrected chi connectivity index (χ3v) is 5.14. The number of carbonyl (C=O) groups is 2. The first-order chi connectivity index (χ1) is 14.9. The fourth-order valence-corrected chi connectivity index (χ4v) is 3.41. The largest absolute Gasteiger partial charge is 0.492 e. The van der Waals surface area contributed by atoms with Gasteiger partial charge in [-0.1, -0.05) is 6.07 Å². The molecule has 1 amide bonds. The molecule has 7 nitrogen and oxygen atoms in total. The van der Waals surface area contributed by atoms with Gasteiger partial charge in [-0.15, -0.1) is 0 Å². The van der Waals surface area contributed by atoms with Gasteiger partial charge in [-0.25, -0.2) is 18.0 Å². The predicted molar refractivity (Wildman–Crippen MR) is 107 cm³/mol. The molecular formula is C21H21BF3NO6. The number of ether oxygens (including phenoxy) is 1. The number of aliphatic hydroxyl groups is 1. The molecule has 11 heteroatoms. The van der Waals surface area contributed by atoms with E-state index in [9.17, 15) is 32.9 Å². The van der Waals surface area contributed by atoms with Crippen LogP contribution in [0.15, 0.2) is 24.3 Å². The van der Waals surface area contributed by atoms with Crippen LogP contribution in [0.4, 0.5) is 13.2 Å². The van der Waals surface area contributed by atoms with Crippen molar-refractivity contribution >= 4 is 24.5 Å². The second-order valence-electron chi connectivity index (χ2n) is 8.02. The summed E-state index contributed by atoms with van der Waals surface area (Å²) in [4.78, 5) is 25.4. The van der Waals surface area contributed by atoms with Gasteiger partial charge in [0, 0.05) is 5.56 Å². The molecule has 0 saturated carbocycles. The molecule has 1 aliphatic rings. The molecule has 0 aromatic heterocycles. The van der Waals surface area contributed by atoms with Crippen molar-refractivity contribution in [3.63, 3.8) is 0 Å². The molecule has 3 N–H and O–H groups in total. The van der Waals surface area contributed by atoms with Crippen molar-refractivity contribution in [1.82, 2.24) is 5.32 Å². The summed E-state index contributed by atoms with van der Waals surface area (Å²) in [5.74, 6) is -6.32. The molecule has 1 heterocycles. The number of halogens is 3. The molecule has 170 valence electrons. The van der Waals surface area contributed by atoms with E-state index in [0.29, 0.717) is 23.2 Å². The highest BCUT2D eigenvalue weighted by Gasteiger charge is 2.37. The lowest BCUT2D eigenvalue weighted by molar-refractivity contribution is -0.153. The van der Waals surface area contributed by atoms with Gasteiger partial charge in [-0.3, -0.25) is 4.79 Å². The highest BCUT2D eigenvalue weighted by molar-refractivity contribution is 6.62. The molecule has 2 aromatic carbocycles. The molecule has 0 spiro atoms. The SMILES string of the molecule is Cc1c(C(=O)NC(C(=O)OCc2cc(F)c(F)c(F)c2)C(C)(C)O)ccc2c1B(O)OC2. The van der Waals surface area contributed by atoms with E-state index in [1.165, 1.54) is 19.9 Å². The van der Waals surface area contributed by atoms with E-state index in [4.69, 9.17) is 9.39 Å². The van der Waals surface area contributed by atoms with Crippen LogP contribution in [0.25, 0.3) is 0 Å².